The lowest BCUT2D eigenvalue weighted by atomic mass is 10.1. The van der Waals surface area contributed by atoms with Crippen LogP contribution in [0, 0.1) is 5.92 Å². The Labute approximate surface area is 153 Å². The fourth-order valence-electron chi connectivity index (χ4n) is 3.34. The van der Waals surface area contributed by atoms with Crippen molar-refractivity contribution in [3.63, 3.8) is 0 Å². The molecule has 1 saturated heterocycles. The van der Waals surface area contributed by atoms with Crippen LogP contribution in [0.4, 0.5) is 0 Å². The standard InChI is InChI=1S/C20H34N4O/c1-5-21-20(22-14-17(2)15-24-12-8-9-13-24)23(3)16-18-10-6-7-11-19(18)25-4/h6-7,10-11,17H,5,8-9,12-16H2,1-4H3,(H,21,22). The molecular formula is C20H34N4O. The highest BCUT2D eigenvalue weighted by Crippen LogP contribution is 2.18. The van der Waals surface area contributed by atoms with Crippen LogP contribution in [0.3, 0.4) is 0 Å². The van der Waals surface area contributed by atoms with Crippen LogP contribution in [0.5, 0.6) is 5.75 Å². The molecule has 0 aromatic heterocycles. The first-order valence-electron chi connectivity index (χ1n) is 9.47. The van der Waals surface area contributed by atoms with E-state index in [9.17, 15) is 0 Å². The molecular weight excluding hydrogens is 312 g/mol. The van der Waals surface area contributed by atoms with Crippen LogP contribution in [-0.4, -0.2) is 62.6 Å². The molecule has 1 aliphatic heterocycles. The summed E-state index contributed by atoms with van der Waals surface area (Å²) in [6.45, 7) is 10.6. The molecule has 0 spiro atoms. The van der Waals surface area contributed by atoms with Crippen molar-refractivity contribution < 1.29 is 4.74 Å². The van der Waals surface area contributed by atoms with E-state index in [0.717, 1.165) is 37.9 Å². The van der Waals surface area contributed by atoms with Gasteiger partial charge in [0.1, 0.15) is 5.75 Å². The molecule has 1 heterocycles. The van der Waals surface area contributed by atoms with Gasteiger partial charge in [-0.05, 0) is 44.8 Å². The van der Waals surface area contributed by atoms with Crippen LogP contribution in [-0.2, 0) is 6.54 Å². The number of para-hydroxylation sites is 1. The van der Waals surface area contributed by atoms with E-state index in [1.807, 2.05) is 18.2 Å². The number of methoxy groups -OCH3 is 1. The minimum Gasteiger partial charge on any atom is -0.496 e. The van der Waals surface area contributed by atoms with Crippen molar-refractivity contribution in [1.82, 2.24) is 15.1 Å². The zero-order chi connectivity index (χ0) is 18.1. The summed E-state index contributed by atoms with van der Waals surface area (Å²) in [6.07, 6.45) is 2.69. The van der Waals surface area contributed by atoms with Crippen LogP contribution in [0.2, 0.25) is 0 Å². The molecule has 2 rings (SSSR count). The quantitative estimate of drug-likeness (QED) is 0.580. The summed E-state index contributed by atoms with van der Waals surface area (Å²) in [5.74, 6) is 2.46. The fourth-order valence-corrected chi connectivity index (χ4v) is 3.34. The van der Waals surface area contributed by atoms with Gasteiger partial charge in [0.2, 0.25) is 0 Å². The van der Waals surface area contributed by atoms with Gasteiger partial charge < -0.3 is 19.9 Å². The highest BCUT2D eigenvalue weighted by atomic mass is 16.5. The number of likely N-dealkylation sites (tertiary alicyclic amines) is 1. The molecule has 0 aliphatic carbocycles. The number of benzene rings is 1. The molecule has 140 valence electrons. The Morgan fingerprint density at radius 2 is 2.04 bits per heavy atom. The monoisotopic (exact) mass is 346 g/mol. The smallest absolute Gasteiger partial charge is 0.193 e. The number of nitrogens with zero attached hydrogens (tertiary/aromatic N) is 3. The van der Waals surface area contributed by atoms with E-state index in [-0.39, 0.29) is 0 Å². The third kappa shape index (κ3) is 6.24. The first kappa shape index (κ1) is 19.6. The van der Waals surface area contributed by atoms with Gasteiger partial charge in [-0.25, -0.2) is 0 Å². The Bertz CT molecular complexity index is 540. The second kappa shape index (κ2) is 10.3. The third-order valence-corrected chi connectivity index (χ3v) is 4.62. The van der Waals surface area contributed by atoms with Gasteiger partial charge in [0.15, 0.2) is 5.96 Å². The van der Waals surface area contributed by atoms with E-state index in [2.05, 4.69) is 42.1 Å². The second-order valence-corrected chi connectivity index (χ2v) is 6.98. The van der Waals surface area contributed by atoms with Crippen LogP contribution in [0.25, 0.3) is 0 Å². The van der Waals surface area contributed by atoms with Gasteiger partial charge in [0.05, 0.1) is 7.11 Å². The molecule has 0 amide bonds. The molecule has 5 heteroatoms. The van der Waals surface area contributed by atoms with Crippen molar-refractivity contribution in [2.24, 2.45) is 10.9 Å². The number of hydrogen-bond donors (Lipinski definition) is 1. The van der Waals surface area contributed by atoms with Gasteiger partial charge in [-0.2, -0.15) is 0 Å². The van der Waals surface area contributed by atoms with E-state index in [1.54, 1.807) is 7.11 Å². The molecule has 0 saturated carbocycles. The number of hydrogen-bond acceptors (Lipinski definition) is 3. The van der Waals surface area contributed by atoms with Crippen LogP contribution in [0.1, 0.15) is 32.3 Å². The number of rotatable bonds is 8. The maximum Gasteiger partial charge on any atom is 0.193 e. The Balaban J connectivity index is 1.94. The van der Waals surface area contributed by atoms with Crippen LogP contribution >= 0.6 is 0 Å². The minimum absolute atomic E-state index is 0.575. The average Bonchev–Trinajstić information content (AvgIpc) is 3.11. The van der Waals surface area contributed by atoms with E-state index in [0.29, 0.717) is 5.92 Å². The van der Waals surface area contributed by atoms with E-state index >= 15 is 0 Å². The highest BCUT2D eigenvalue weighted by Gasteiger charge is 2.15. The van der Waals surface area contributed by atoms with Gasteiger partial charge in [-0.3, -0.25) is 4.99 Å². The third-order valence-electron chi connectivity index (χ3n) is 4.62. The van der Waals surface area contributed by atoms with Gasteiger partial charge in [0, 0.05) is 38.8 Å². The average molecular weight is 347 g/mol. The van der Waals surface area contributed by atoms with Crippen molar-refractivity contribution in [3.8, 4) is 5.75 Å². The molecule has 5 nitrogen and oxygen atoms in total. The van der Waals surface area contributed by atoms with E-state index < -0.39 is 0 Å². The number of ether oxygens (including phenoxy) is 1. The summed E-state index contributed by atoms with van der Waals surface area (Å²) in [4.78, 5) is 9.60. The maximum atomic E-state index is 5.47. The van der Waals surface area contributed by atoms with Crippen molar-refractivity contribution in [1.29, 1.82) is 0 Å². The fraction of sp³-hybridized carbons (Fsp3) is 0.650. The summed E-state index contributed by atoms with van der Waals surface area (Å²) in [7, 11) is 3.80. The molecule has 1 aliphatic rings. The van der Waals surface area contributed by atoms with Crippen molar-refractivity contribution >= 4 is 5.96 Å². The Hall–Kier alpha value is -1.75. The number of aliphatic imine (C=N–C) groups is 1. The predicted molar refractivity (Wildman–Crippen MR) is 105 cm³/mol. The van der Waals surface area contributed by atoms with E-state index in [4.69, 9.17) is 9.73 Å². The van der Waals surface area contributed by atoms with Gasteiger partial charge >= 0.3 is 0 Å². The summed E-state index contributed by atoms with van der Waals surface area (Å²) < 4.78 is 5.47. The zero-order valence-corrected chi connectivity index (χ0v) is 16.3. The van der Waals surface area contributed by atoms with Crippen LogP contribution < -0.4 is 10.1 Å². The molecule has 0 bridgehead atoms. The normalized spacial score (nSPS) is 16.7. The van der Waals surface area contributed by atoms with Gasteiger partial charge in [0.25, 0.3) is 0 Å². The number of guanidine groups is 1. The first-order valence-corrected chi connectivity index (χ1v) is 9.47. The molecule has 1 fully saturated rings. The largest absolute Gasteiger partial charge is 0.496 e. The summed E-state index contributed by atoms with van der Waals surface area (Å²) in [5.41, 5.74) is 1.17. The molecule has 1 aromatic rings. The van der Waals surface area contributed by atoms with Gasteiger partial charge in [-0.15, -0.1) is 0 Å². The molecule has 1 atom stereocenters. The Morgan fingerprint density at radius 3 is 2.72 bits per heavy atom. The number of nitrogens with one attached hydrogen (secondary N) is 1. The SMILES string of the molecule is CCNC(=NCC(C)CN1CCCC1)N(C)Cc1ccccc1OC. The minimum atomic E-state index is 0.575. The van der Waals surface area contributed by atoms with Gasteiger partial charge in [-0.1, -0.05) is 25.1 Å². The molecule has 1 unspecified atom stereocenters. The molecule has 25 heavy (non-hydrogen) atoms. The second-order valence-electron chi connectivity index (χ2n) is 6.98. The summed E-state index contributed by atoms with van der Waals surface area (Å²) in [6, 6.07) is 8.16. The topological polar surface area (TPSA) is 40.1 Å². The van der Waals surface area contributed by atoms with Crippen molar-refractivity contribution in [3.05, 3.63) is 29.8 Å². The molecule has 1 N–H and O–H groups in total. The Kier molecular flexibility index (Phi) is 8.06. The van der Waals surface area contributed by atoms with Crippen molar-refractivity contribution in [2.75, 3.05) is 46.9 Å². The van der Waals surface area contributed by atoms with Crippen molar-refractivity contribution in [2.45, 2.75) is 33.2 Å². The van der Waals surface area contributed by atoms with Crippen LogP contribution in [0.15, 0.2) is 29.3 Å². The zero-order valence-electron chi connectivity index (χ0n) is 16.3. The lowest BCUT2D eigenvalue weighted by molar-refractivity contribution is 0.291. The summed E-state index contributed by atoms with van der Waals surface area (Å²) in [5, 5.41) is 3.41. The summed E-state index contributed by atoms with van der Waals surface area (Å²) >= 11 is 0. The Morgan fingerprint density at radius 1 is 1.32 bits per heavy atom. The predicted octanol–water partition coefficient (Wildman–Crippen LogP) is 2.82. The highest BCUT2D eigenvalue weighted by molar-refractivity contribution is 5.79. The molecule has 0 radical (unpaired) electrons. The molecule has 1 aromatic carbocycles. The maximum absolute atomic E-state index is 5.47. The lowest BCUT2D eigenvalue weighted by Crippen LogP contribution is -2.39. The van der Waals surface area contributed by atoms with E-state index in [1.165, 1.54) is 31.5 Å². The lowest BCUT2D eigenvalue weighted by Gasteiger charge is -2.24. The first-order chi connectivity index (χ1) is 12.1.